The first kappa shape index (κ1) is 22.9. The SMILES string of the molecule is C=N/C(=C\SCNc1ccc(CNc2ccc(C)cn2)cn1)c1sc(C(C)O)nc1C. The summed E-state index contributed by atoms with van der Waals surface area (Å²) in [6.45, 7) is 9.97. The molecule has 7 nitrogen and oxygen atoms in total. The highest BCUT2D eigenvalue weighted by Crippen LogP contribution is 2.31. The van der Waals surface area contributed by atoms with Crippen molar-refractivity contribution in [2.75, 3.05) is 16.5 Å². The quantitative estimate of drug-likeness (QED) is 0.225. The summed E-state index contributed by atoms with van der Waals surface area (Å²) < 4.78 is 0. The van der Waals surface area contributed by atoms with Crippen LogP contribution < -0.4 is 10.6 Å². The van der Waals surface area contributed by atoms with Crippen molar-refractivity contribution in [3.05, 3.63) is 68.8 Å². The lowest BCUT2D eigenvalue weighted by atomic mass is 10.2. The number of thioether (sulfide) groups is 1. The molecule has 3 heterocycles. The monoisotopic (exact) mass is 454 g/mol. The molecule has 3 aromatic heterocycles. The molecule has 3 aromatic rings. The number of nitrogens with one attached hydrogen (secondary N) is 2. The Morgan fingerprint density at radius 2 is 1.94 bits per heavy atom. The molecule has 1 atom stereocenters. The minimum Gasteiger partial charge on any atom is -0.386 e. The van der Waals surface area contributed by atoms with Gasteiger partial charge >= 0.3 is 0 Å². The molecule has 162 valence electrons. The van der Waals surface area contributed by atoms with Gasteiger partial charge in [0.2, 0.25) is 0 Å². The Bertz CT molecular complexity index is 1030. The second kappa shape index (κ2) is 11.0. The summed E-state index contributed by atoms with van der Waals surface area (Å²) in [6.07, 6.45) is 3.10. The summed E-state index contributed by atoms with van der Waals surface area (Å²) >= 11 is 3.00. The molecule has 3 N–H and O–H groups in total. The van der Waals surface area contributed by atoms with Gasteiger partial charge in [-0.15, -0.1) is 23.1 Å². The van der Waals surface area contributed by atoms with Crippen molar-refractivity contribution in [3.8, 4) is 0 Å². The maximum atomic E-state index is 9.73. The molecule has 3 rings (SSSR count). The van der Waals surface area contributed by atoms with Crippen LogP contribution in [0.15, 0.2) is 47.1 Å². The molecule has 0 bridgehead atoms. The van der Waals surface area contributed by atoms with E-state index in [0.29, 0.717) is 17.4 Å². The van der Waals surface area contributed by atoms with Gasteiger partial charge < -0.3 is 15.7 Å². The zero-order valence-electron chi connectivity index (χ0n) is 17.8. The predicted molar refractivity (Wildman–Crippen MR) is 132 cm³/mol. The third-order valence-corrected chi connectivity index (χ3v) is 6.37. The van der Waals surface area contributed by atoms with Crippen LogP contribution >= 0.6 is 23.1 Å². The molecular weight excluding hydrogens is 428 g/mol. The Morgan fingerprint density at radius 3 is 2.55 bits per heavy atom. The first-order chi connectivity index (χ1) is 15.0. The van der Waals surface area contributed by atoms with Crippen molar-refractivity contribution in [2.45, 2.75) is 33.4 Å². The smallest absolute Gasteiger partial charge is 0.126 e. The van der Waals surface area contributed by atoms with Gasteiger partial charge in [0.05, 0.1) is 22.1 Å². The first-order valence-electron chi connectivity index (χ1n) is 9.76. The van der Waals surface area contributed by atoms with Gasteiger partial charge in [0, 0.05) is 18.9 Å². The Balaban J connectivity index is 1.49. The summed E-state index contributed by atoms with van der Waals surface area (Å²) in [5, 5.41) is 18.9. The fourth-order valence-corrected chi connectivity index (χ4v) is 4.35. The van der Waals surface area contributed by atoms with E-state index in [9.17, 15) is 5.11 Å². The molecule has 0 radical (unpaired) electrons. The summed E-state index contributed by atoms with van der Waals surface area (Å²) in [6, 6.07) is 7.99. The van der Waals surface area contributed by atoms with Gasteiger partial charge in [0.25, 0.3) is 0 Å². The molecule has 0 aromatic carbocycles. The largest absolute Gasteiger partial charge is 0.386 e. The number of aliphatic hydroxyl groups is 1. The maximum Gasteiger partial charge on any atom is 0.126 e. The molecule has 0 saturated heterocycles. The average Bonchev–Trinajstić information content (AvgIpc) is 3.16. The van der Waals surface area contributed by atoms with Gasteiger partial charge in [-0.25, -0.2) is 15.0 Å². The van der Waals surface area contributed by atoms with Crippen molar-refractivity contribution in [1.82, 2.24) is 15.0 Å². The van der Waals surface area contributed by atoms with Gasteiger partial charge in [-0.1, -0.05) is 12.1 Å². The predicted octanol–water partition coefficient (Wildman–Crippen LogP) is 5.02. The van der Waals surface area contributed by atoms with Crippen molar-refractivity contribution < 1.29 is 5.11 Å². The molecule has 0 amide bonds. The molecule has 0 spiro atoms. The third-order valence-electron chi connectivity index (χ3n) is 4.31. The Kier molecular flexibility index (Phi) is 8.16. The zero-order valence-corrected chi connectivity index (χ0v) is 19.4. The first-order valence-corrected chi connectivity index (χ1v) is 11.6. The lowest BCUT2D eigenvalue weighted by Crippen LogP contribution is -2.03. The Hall–Kier alpha value is -2.75. The Labute approximate surface area is 190 Å². The lowest BCUT2D eigenvalue weighted by molar-refractivity contribution is 0.198. The highest BCUT2D eigenvalue weighted by Gasteiger charge is 2.14. The van der Waals surface area contributed by atoms with E-state index in [4.69, 9.17) is 0 Å². The van der Waals surface area contributed by atoms with Gasteiger partial charge in [0.1, 0.15) is 22.7 Å². The van der Waals surface area contributed by atoms with E-state index in [1.165, 1.54) is 11.3 Å². The molecule has 9 heteroatoms. The van der Waals surface area contributed by atoms with Crippen LogP contribution in [0.25, 0.3) is 5.70 Å². The van der Waals surface area contributed by atoms with E-state index in [-0.39, 0.29) is 0 Å². The van der Waals surface area contributed by atoms with Crippen LogP contribution in [0.1, 0.15) is 39.7 Å². The van der Waals surface area contributed by atoms with E-state index in [0.717, 1.165) is 39.0 Å². The second-order valence-electron chi connectivity index (χ2n) is 6.92. The second-order valence-corrected chi connectivity index (χ2v) is 8.81. The number of pyridine rings is 2. The van der Waals surface area contributed by atoms with Crippen LogP contribution in [0, 0.1) is 13.8 Å². The van der Waals surface area contributed by atoms with Gasteiger partial charge in [0.15, 0.2) is 0 Å². The van der Waals surface area contributed by atoms with E-state index >= 15 is 0 Å². The Morgan fingerprint density at radius 1 is 1.19 bits per heavy atom. The average molecular weight is 455 g/mol. The minimum absolute atomic E-state index is 0.588. The van der Waals surface area contributed by atoms with E-state index in [1.807, 2.05) is 55.9 Å². The van der Waals surface area contributed by atoms with Crippen LogP contribution in [0.5, 0.6) is 0 Å². The number of aliphatic hydroxyl groups excluding tert-OH is 1. The zero-order chi connectivity index (χ0) is 22.2. The topological polar surface area (TPSA) is 95.3 Å². The van der Waals surface area contributed by atoms with E-state index < -0.39 is 6.10 Å². The number of aliphatic imine (C=N–C) groups is 1. The minimum atomic E-state index is -0.588. The van der Waals surface area contributed by atoms with Crippen molar-refractivity contribution in [1.29, 1.82) is 0 Å². The lowest BCUT2D eigenvalue weighted by Gasteiger charge is -2.07. The van der Waals surface area contributed by atoms with Gasteiger partial charge in [-0.05, 0) is 56.2 Å². The molecule has 0 aliphatic carbocycles. The molecule has 0 fully saturated rings. The molecule has 0 aliphatic rings. The standard InChI is InChI=1S/C22H26N6OS2/c1-14-5-7-19(24-9-14)25-10-17-6-8-20(26-11-17)27-13-30-12-18(23-4)21-15(2)28-22(31-21)16(3)29/h5-9,11-12,16,29H,4,10,13H2,1-3H3,(H,24,25)(H,26,27)/b18-12-. The summed E-state index contributed by atoms with van der Waals surface area (Å²) in [5.41, 5.74) is 3.82. The number of hydrogen-bond acceptors (Lipinski definition) is 9. The number of hydrogen-bond donors (Lipinski definition) is 3. The number of nitrogens with zero attached hydrogens (tertiary/aromatic N) is 4. The van der Waals surface area contributed by atoms with Crippen LogP contribution in [0.3, 0.4) is 0 Å². The summed E-state index contributed by atoms with van der Waals surface area (Å²) in [4.78, 5) is 18.2. The third kappa shape index (κ3) is 6.61. The van der Waals surface area contributed by atoms with Gasteiger partial charge in [-0.2, -0.15) is 0 Å². The fraction of sp³-hybridized carbons (Fsp3) is 0.273. The number of aromatic nitrogens is 3. The number of rotatable bonds is 10. The highest BCUT2D eigenvalue weighted by molar-refractivity contribution is 8.02. The summed E-state index contributed by atoms with van der Waals surface area (Å²) in [7, 11) is 0. The molecule has 1 unspecified atom stereocenters. The van der Waals surface area contributed by atoms with Crippen LogP contribution in [-0.2, 0) is 6.54 Å². The summed E-state index contributed by atoms with van der Waals surface area (Å²) in [5.74, 6) is 2.29. The van der Waals surface area contributed by atoms with E-state index in [1.54, 1.807) is 18.7 Å². The van der Waals surface area contributed by atoms with Crippen molar-refractivity contribution >= 4 is 47.1 Å². The normalized spacial score (nSPS) is 12.5. The fourth-order valence-electron chi connectivity index (χ4n) is 2.63. The van der Waals surface area contributed by atoms with Gasteiger partial charge in [-0.3, -0.25) is 4.99 Å². The number of anilines is 2. The highest BCUT2D eigenvalue weighted by atomic mass is 32.2. The van der Waals surface area contributed by atoms with Crippen LogP contribution in [0.2, 0.25) is 0 Å². The van der Waals surface area contributed by atoms with E-state index in [2.05, 4.69) is 37.3 Å². The maximum absolute atomic E-state index is 9.73. The molecule has 0 saturated carbocycles. The van der Waals surface area contributed by atoms with Crippen molar-refractivity contribution in [3.63, 3.8) is 0 Å². The number of thiazole rings is 1. The van der Waals surface area contributed by atoms with Crippen LogP contribution in [0.4, 0.5) is 11.6 Å². The van der Waals surface area contributed by atoms with Crippen LogP contribution in [-0.4, -0.2) is 32.7 Å². The number of aryl methyl sites for hydroxylation is 2. The molecule has 31 heavy (non-hydrogen) atoms. The van der Waals surface area contributed by atoms with Crippen molar-refractivity contribution in [2.24, 2.45) is 4.99 Å². The molecular formula is C22H26N6OS2. The molecule has 0 aliphatic heterocycles.